The van der Waals surface area contributed by atoms with E-state index in [-0.39, 0.29) is 669 Å². The second kappa shape index (κ2) is 147. The fourth-order valence-corrected chi connectivity index (χ4v) is 0. The molecule has 224 valence electrons. The molecule has 0 aliphatic heterocycles. The molecule has 0 heterocycles. The van der Waals surface area contributed by atoms with Gasteiger partial charge in [-0.2, -0.15) is 0 Å². The SMILES string of the molecule is O=P(O)(O)O.O=P(O)(O)O.O=P(O)(O)O.O=P(O)(O)O.O=P(O)(O)O.O=P(O)(O)O.O=P(O)(O)O.[Mg+2].[Mg+2].[Mg+2].[Mg+2].[Mg+2].[Mg+2].[Mg+2].[Mg+2].[Mg+2].[Mg+2].[Mg+2].[Mg+2].[Mg+2].[Mg+2].[Mg+2].[Mg+2].[Mg+2].[Mg+2].[Mg+2].[Mg+2].[Mg+2].[Mg+2].[Mg+2].[Mg+2].[Mg+2].[Mg+2].[Mg+2].[Mg+2].[Mg+2]. The zero-order valence-electron chi connectivity index (χ0n) is 35.9. The van der Waals surface area contributed by atoms with E-state index < -0.39 is 54.8 Å². The third-order valence-corrected chi connectivity index (χ3v) is 0. The van der Waals surface area contributed by atoms with Crippen LogP contribution in [0.3, 0.4) is 0 Å². The molecular weight excluding hydrogens is 1370 g/mol. The predicted octanol–water partition coefficient (Wildman–Crippen LogP) is -17.5. The third kappa shape index (κ3) is 1130. The van der Waals surface area contributed by atoms with Gasteiger partial charge in [0.1, 0.15) is 0 Å². The summed E-state index contributed by atoms with van der Waals surface area (Å²) in [5.74, 6) is 0. The Balaban J connectivity index is -0.00000000391. The van der Waals surface area contributed by atoms with Crippen LogP contribution in [-0.4, -0.2) is 771 Å². The zero-order valence-corrected chi connectivity index (χ0v) is 83.2. The van der Waals surface area contributed by atoms with Gasteiger partial charge in [-0.05, 0) is 0 Å². The van der Waals surface area contributed by atoms with Crippen LogP contribution >= 0.6 is 54.8 Å². The average Bonchev–Trinajstić information content (AvgIpc) is 2.06. The Morgan fingerprint density at radius 1 is 0.109 bits per heavy atom. The van der Waals surface area contributed by atoms with Gasteiger partial charge >= 0.3 is 723 Å². The average molecular weight is 1390 g/mol. The van der Waals surface area contributed by atoms with Gasteiger partial charge in [0, 0.05) is 0 Å². The maximum absolute atomic E-state index is 8.88. The Morgan fingerprint density at radius 3 is 0.109 bits per heavy atom. The van der Waals surface area contributed by atoms with E-state index in [0.29, 0.717) is 0 Å². The normalized spacial score (nSPS) is 6.45. The van der Waals surface area contributed by atoms with E-state index >= 15 is 0 Å². The van der Waals surface area contributed by atoms with Crippen LogP contribution in [0.25, 0.3) is 0 Å². The Morgan fingerprint density at radius 2 is 0.109 bits per heavy atom. The fraction of sp³-hybridized carbons (Fsp3) is 0. The summed E-state index contributed by atoms with van der Waals surface area (Å²) in [5, 5.41) is 0. The van der Waals surface area contributed by atoms with Gasteiger partial charge < -0.3 is 103 Å². The first-order valence-corrected chi connectivity index (χ1v) is 16.4. The van der Waals surface area contributed by atoms with Crippen molar-refractivity contribution in [3.63, 3.8) is 0 Å². The Labute approximate surface area is 836 Å². The first-order valence-electron chi connectivity index (χ1n) is 5.48. The molecule has 0 aliphatic rings. The second-order valence-electron chi connectivity index (χ2n) is 3.59. The fourth-order valence-electron chi connectivity index (χ4n) is 0. The summed E-state index contributed by atoms with van der Waals surface area (Å²) in [6.07, 6.45) is 0. The zero-order chi connectivity index (χ0) is 31.5. The summed E-state index contributed by atoms with van der Waals surface area (Å²) in [4.78, 5) is 151. The molecule has 0 saturated heterocycles. The van der Waals surface area contributed by atoms with E-state index in [1.807, 2.05) is 0 Å². The Bertz CT molecular complexity index is 609. The smallest absolute Gasteiger partial charge is 0.303 e. The summed E-state index contributed by atoms with van der Waals surface area (Å²) in [6.45, 7) is 0. The minimum absolute atomic E-state index is 0. The summed E-state index contributed by atoms with van der Waals surface area (Å²) in [5.41, 5.74) is 0. The molecule has 0 unspecified atom stereocenters. The van der Waals surface area contributed by atoms with Gasteiger partial charge in [-0.1, -0.05) is 0 Å². The summed E-state index contributed by atoms with van der Waals surface area (Å²) in [6, 6.07) is 0. The van der Waals surface area contributed by atoms with Crippen molar-refractivity contribution in [3.05, 3.63) is 0 Å². The van der Waals surface area contributed by atoms with Gasteiger partial charge in [0.15, 0.2) is 0 Å². The van der Waals surface area contributed by atoms with Gasteiger partial charge in [0.05, 0.1) is 0 Å². The number of hydrogen-bond donors (Lipinski definition) is 21. The standard InChI is InChI=1S/29Mg.7H3O4P/c;;;;;;;;;;;;;;;;;;;;;;;;;;;;;7*1-5(2,3)4/h;;;;;;;;;;;;;;;;;;;;;;;;;;;;;7*(H3,1,2,3,4)/q29*+2;;;;;;;. The van der Waals surface area contributed by atoms with Crippen molar-refractivity contribution in [3.8, 4) is 0 Å². The molecule has 0 aliphatic carbocycles. The van der Waals surface area contributed by atoms with E-state index in [2.05, 4.69) is 0 Å². The Hall–Kier alpha value is 23.0. The topological polar surface area (TPSA) is 544 Å². The quantitative estimate of drug-likeness (QED) is 0.0791. The number of hydrogen-bond acceptors (Lipinski definition) is 7. The first kappa shape index (κ1) is 247. The van der Waals surface area contributed by atoms with E-state index in [4.69, 9.17) is 135 Å². The van der Waals surface area contributed by atoms with Crippen molar-refractivity contribution >= 4 is 723 Å². The summed E-state index contributed by atoms with van der Waals surface area (Å²) in [7, 11) is -32.5. The molecular formula is H21Mg29O28P7+58. The maximum atomic E-state index is 8.88. The summed E-state index contributed by atoms with van der Waals surface area (Å²) < 4.78 is 62.2. The van der Waals surface area contributed by atoms with Crippen LogP contribution in [0.15, 0.2) is 0 Å². The predicted molar refractivity (Wildman–Crippen MR) is 267 cm³/mol. The molecule has 64 heavy (non-hydrogen) atoms. The Kier molecular flexibility index (Phi) is 568. The maximum Gasteiger partial charge on any atom is 2.00 e. The van der Waals surface area contributed by atoms with Crippen LogP contribution in [0.2, 0.25) is 0 Å². The van der Waals surface area contributed by atoms with Crippen LogP contribution in [0.5, 0.6) is 0 Å². The molecule has 0 spiro atoms. The molecule has 0 fully saturated rings. The second-order valence-corrected chi connectivity index (χ2v) is 10.8. The van der Waals surface area contributed by atoms with Crippen molar-refractivity contribution in [2.75, 3.05) is 0 Å². The van der Waals surface area contributed by atoms with Gasteiger partial charge in [0.25, 0.3) is 0 Å². The van der Waals surface area contributed by atoms with Crippen LogP contribution in [0.4, 0.5) is 0 Å². The molecule has 28 nitrogen and oxygen atoms in total. The molecule has 0 amide bonds. The minimum atomic E-state index is -4.64. The van der Waals surface area contributed by atoms with Gasteiger partial charge in [-0.25, -0.2) is 32.0 Å². The van der Waals surface area contributed by atoms with Crippen molar-refractivity contribution in [2.24, 2.45) is 0 Å². The molecule has 0 aromatic heterocycles. The molecule has 0 saturated carbocycles. The van der Waals surface area contributed by atoms with Gasteiger partial charge in [-0.15, -0.1) is 0 Å². The molecule has 0 aromatic rings. The van der Waals surface area contributed by atoms with Gasteiger partial charge in [0.2, 0.25) is 0 Å². The van der Waals surface area contributed by atoms with Crippen molar-refractivity contribution < 1.29 is 135 Å². The van der Waals surface area contributed by atoms with E-state index in [9.17, 15) is 0 Å². The van der Waals surface area contributed by atoms with Crippen molar-refractivity contribution in [2.45, 2.75) is 0 Å². The molecule has 0 bridgehead atoms. The number of rotatable bonds is 0. The molecule has 0 rings (SSSR count). The van der Waals surface area contributed by atoms with Crippen molar-refractivity contribution in [1.82, 2.24) is 0 Å². The van der Waals surface area contributed by atoms with Crippen LogP contribution in [0.1, 0.15) is 0 Å². The van der Waals surface area contributed by atoms with Crippen LogP contribution in [0, 0.1) is 0 Å². The largest absolute Gasteiger partial charge is 2.00 e. The van der Waals surface area contributed by atoms with E-state index in [1.165, 1.54) is 0 Å². The molecule has 0 atom stereocenters. The van der Waals surface area contributed by atoms with E-state index in [1.54, 1.807) is 0 Å². The molecule has 21 N–H and O–H groups in total. The van der Waals surface area contributed by atoms with Crippen molar-refractivity contribution in [1.29, 1.82) is 0 Å². The monoisotopic (exact) mass is 1380 g/mol. The first-order chi connectivity index (χ1) is 14.0. The van der Waals surface area contributed by atoms with E-state index in [0.717, 1.165) is 0 Å². The van der Waals surface area contributed by atoms with Crippen LogP contribution < -0.4 is 0 Å². The van der Waals surface area contributed by atoms with Crippen LogP contribution in [-0.2, 0) is 32.0 Å². The third-order valence-electron chi connectivity index (χ3n) is 0. The molecule has 0 radical (unpaired) electrons. The van der Waals surface area contributed by atoms with Gasteiger partial charge in [-0.3, -0.25) is 0 Å². The summed E-state index contributed by atoms with van der Waals surface area (Å²) >= 11 is 0. The molecule has 0 aromatic carbocycles. The molecule has 64 heteroatoms. The number of phosphoric acid groups is 7. The minimum Gasteiger partial charge on any atom is -0.303 e.